The van der Waals surface area contributed by atoms with Crippen molar-refractivity contribution < 1.29 is 22.3 Å². The van der Waals surface area contributed by atoms with Crippen molar-refractivity contribution in [1.82, 2.24) is 14.5 Å². The number of benzene rings is 2. The Hall–Kier alpha value is -3.89. The van der Waals surface area contributed by atoms with Crippen LogP contribution in [-0.4, -0.2) is 14.5 Å². The first kappa shape index (κ1) is 19.4. The summed E-state index contributed by atoms with van der Waals surface area (Å²) in [5.41, 5.74) is 6.12. The lowest BCUT2D eigenvalue weighted by atomic mass is 10.2. The minimum absolute atomic E-state index is 0.194. The molecule has 0 saturated carbocycles. The van der Waals surface area contributed by atoms with E-state index in [1.165, 1.54) is 41.0 Å². The van der Waals surface area contributed by atoms with Crippen molar-refractivity contribution in [2.75, 3.05) is 11.1 Å². The number of aryl methyl sites for hydroxylation is 1. The second-order valence-electron chi connectivity index (χ2n) is 6.48. The Kier molecular flexibility index (Phi) is 4.45. The van der Waals surface area contributed by atoms with Gasteiger partial charge in [0.25, 0.3) is 0 Å². The molecule has 4 aromatic rings. The fourth-order valence-electron chi connectivity index (χ4n) is 3.02. The normalized spacial score (nSPS) is 11.8. The number of fused-ring (bicyclic) bond motifs is 1. The van der Waals surface area contributed by atoms with E-state index in [0.717, 1.165) is 12.1 Å². The van der Waals surface area contributed by atoms with Crippen LogP contribution >= 0.6 is 0 Å². The minimum Gasteiger partial charge on any atom is -0.754 e. The van der Waals surface area contributed by atoms with Crippen molar-refractivity contribution in [3.8, 4) is 5.82 Å². The van der Waals surface area contributed by atoms with E-state index in [1.807, 2.05) is 0 Å². The molecule has 7 nitrogen and oxygen atoms in total. The van der Waals surface area contributed by atoms with E-state index in [-0.39, 0.29) is 23.3 Å². The maximum atomic E-state index is 13.7. The van der Waals surface area contributed by atoms with Gasteiger partial charge in [-0.2, -0.15) is 13.2 Å². The highest BCUT2D eigenvalue weighted by atomic mass is 19.4. The van der Waals surface area contributed by atoms with Crippen LogP contribution in [0.1, 0.15) is 11.4 Å². The Balaban J connectivity index is 1.77. The molecule has 30 heavy (non-hydrogen) atoms. The summed E-state index contributed by atoms with van der Waals surface area (Å²) in [6, 6.07) is 9.44. The molecule has 0 atom stereocenters. The smallest absolute Gasteiger partial charge is 0.416 e. The van der Waals surface area contributed by atoms with Crippen molar-refractivity contribution >= 4 is 28.5 Å². The van der Waals surface area contributed by atoms with E-state index in [9.17, 15) is 22.8 Å². The fraction of sp³-hybridized carbons (Fsp3) is 0.105. The summed E-state index contributed by atoms with van der Waals surface area (Å²) in [6.45, 7) is 1.68. The second kappa shape index (κ2) is 6.87. The molecule has 0 bridgehead atoms. The van der Waals surface area contributed by atoms with E-state index >= 15 is 0 Å². The molecule has 3 N–H and O–H groups in total. The summed E-state index contributed by atoms with van der Waals surface area (Å²) in [6.07, 6.45) is -4.48. The van der Waals surface area contributed by atoms with E-state index < -0.39 is 17.6 Å². The van der Waals surface area contributed by atoms with Crippen molar-refractivity contribution in [3.63, 3.8) is 0 Å². The molecular formula is C19H14F4N6O. The van der Waals surface area contributed by atoms with Crippen LogP contribution in [0.2, 0.25) is 0 Å². The number of imidazole rings is 1. The number of nitrogens with one attached hydrogen (secondary N) is 1. The molecule has 0 aliphatic rings. The van der Waals surface area contributed by atoms with Crippen LogP contribution in [0.25, 0.3) is 16.9 Å². The molecule has 4 rings (SSSR count). The lowest BCUT2D eigenvalue weighted by Gasteiger charge is -2.15. The van der Waals surface area contributed by atoms with Crippen LogP contribution in [0.15, 0.2) is 48.5 Å². The number of rotatable bonds is 3. The molecule has 11 heteroatoms. The number of anilines is 3. The summed E-state index contributed by atoms with van der Waals surface area (Å²) in [5.74, 6) is -0.282. The second-order valence-corrected chi connectivity index (χ2v) is 6.48. The van der Waals surface area contributed by atoms with Crippen molar-refractivity contribution in [1.29, 1.82) is 0 Å². The molecule has 0 fully saturated rings. The molecule has 0 aliphatic carbocycles. The molecule has 2 aromatic heterocycles. The first-order chi connectivity index (χ1) is 14.1. The topological polar surface area (TPSA) is 95.7 Å². The number of halogens is 4. The molecule has 0 amide bonds. The first-order valence-corrected chi connectivity index (χ1v) is 8.63. The maximum absolute atomic E-state index is 13.7. The Morgan fingerprint density at radius 2 is 1.77 bits per heavy atom. The van der Waals surface area contributed by atoms with Gasteiger partial charge in [0, 0.05) is 6.07 Å². The molecule has 0 radical (unpaired) electrons. The SMILES string of the molecule is Cc1nc2ccc(F)cc2n1-c1cc(N)[n+]([O-])c(Nc2ccc(C(F)(F)F)cc2)n1. The van der Waals surface area contributed by atoms with Gasteiger partial charge in [-0.25, -0.2) is 14.1 Å². The third kappa shape index (κ3) is 3.45. The minimum atomic E-state index is -4.48. The molecule has 2 heterocycles. The predicted molar refractivity (Wildman–Crippen MR) is 102 cm³/mol. The van der Waals surface area contributed by atoms with Crippen LogP contribution in [0.4, 0.5) is 35.0 Å². The predicted octanol–water partition coefficient (Wildman–Crippen LogP) is 3.85. The van der Waals surface area contributed by atoms with Crippen LogP contribution in [0.5, 0.6) is 0 Å². The molecule has 0 spiro atoms. The van der Waals surface area contributed by atoms with Gasteiger partial charge in [-0.3, -0.25) is 9.88 Å². The molecule has 154 valence electrons. The number of hydrogen-bond donors (Lipinski definition) is 2. The van der Waals surface area contributed by atoms with Gasteiger partial charge in [0.15, 0.2) is 5.82 Å². The number of nitrogens with zero attached hydrogens (tertiary/aromatic N) is 4. The van der Waals surface area contributed by atoms with Crippen LogP contribution in [0, 0.1) is 17.9 Å². The van der Waals surface area contributed by atoms with E-state index in [0.29, 0.717) is 21.6 Å². The zero-order valence-electron chi connectivity index (χ0n) is 15.4. The molecular weight excluding hydrogens is 404 g/mol. The van der Waals surface area contributed by atoms with Crippen LogP contribution in [-0.2, 0) is 6.18 Å². The molecule has 0 aliphatic heterocycles. The van der Waals surface area contributed by atoms with Gasteiger partial charge in [-0.05, 0) is 43.3 Å². The molecule has 0 unspecified atom stereocenters. The van der Waals surface area contributed by atoms with Gasteiger partial charge in [0.2, 0.25) is 5.82 Å². The number of alkyl halides is 3. The van der Waals surface area contributed by atoms with Crippen LogP contribution < -0.4 is 15.8 Å². The van der Waals surface area contributed by atoms with Crippen molar-refractivity contribution in [2.24, 2.45) is 0 Å². The molecule has 2 aromatic carbocycles. The fourth-order valence-corrected chi connectivity index (χ4v) is 3.02. The highest BCUT2D eigenvalue weighted by molar-refractivity contribution is 5.78. The van der Waals surface area contributed by atoms with Gasteiger partial charge in [-0.1, -0.05) is 4.98 Å². The zero-order valence-corrected chi connectivity index (χ0v) is 15.4. The monoisotopic (exact) mass is 418 g/mol. The zero-order chi connectivity index (χ0) is 21.6. The Morgan fingerprint density at radius 3 is 2.43 bits per heavy atom. The van der Waals surface area contributed by atoms with Gasteiger partial charge >= 0.3 is 12.1 Å². The Morgan fingerprint density at radius 1 is 1.07 bits per heavy atom. The van der Waals surface area contributed by atoms with Gasteiger partial charge in [-0.15, -0.1) is 0 Å². The largest absolute Gasteiger partial charge is 0.754 e. The van der Waals surface area contributed by atoms with Gasteiger partial charge in [0.05, 0.1) is 28.4 Å². The van der Waals surface area contributed by atoms with Gasteiger partial charge < -0.3 is 10.9 Å². The van der Waals surface area contributed by atoms with Crippen molar-refractivity contribution in [3.05, 3.63) is 70.9 Å². The third-order valence-corrected chi connectivity index (χ3v) is 4.41. The summed E-state index contributed by atoms with van der Waals surface area (Å²) >= 11 is 0. The first-order valence-electron chi connectivity index (χ1n) is 8.63. The summed E-state index contributed by atoms with van der Waals surface area (Å²) < 4.78 is 53.7. The van der Waals surface area contributed by atoms with E-state index in [2.05, 4.69) is 15.3 Å². The number of nitrogens with two attached hydrogens (primary N) is 1. The average molecular weight is 418 g/mol. The third-order valence-electron chi connectivity index (χ3n) is 4.41. The Bertz CT molecular complexity index is 1250. The highest BCUT2D eigenvalue weighted by Crippen LogP contribution is 2.30. The Labute approximate surface area is 167 Å². The van der Waals surface area contributed by atoms with Crippen LogP contribution in [0.3, 0.4) is 0 Å². The number of hydrogen-bond acceptors (Lipinski definition) is 5. The molecule has 0 saturated heterocycles. The lowest BCUT2D eigenvalue weighted by Crippen LogP contribution is -2.35. The van der Waals surface area contributed by atoms with Gasteiger partial charge in [0.1, 0.15) is 11.6 Å². The summed E-state index contributed by atoms with van der Waals surface area (Å²) in [7, 11) is 0. The average Bonchev–Trinajstić information content (AvgIpc) is 3.00. The standard InChI is InChI=1S/C19H14F4N6O/c1-10-25-14-7-4-12(20)8-15(14)28(10)17-9-16(24)29(30)18(27-17)26-13-5-2-11(3-6-13)19(21,22)23/h2-9H,24H2,1H3,(H,26,27). The number of nitrogen functional groups attached to an aromatic ring is 1. The lowest BCUT2D eigenvalue weighted by molar-refractivity contribution is -0.577. The van der Waals surface area contributed by atoms with E-state index in [4.69, 9.17) is 5.73 Å². The highest BCUT2D eigenvalue weighted by Gasteiger charge is 2.30. The quantitative estimate of drug-likeness (QED) is 0.299. The van der Waals surface area contributed by atoms with Crippen molar-refractivity contribution in [2.45, 2.75) is 13.1 Å². The number of aromatic nitrogens is 4. The summed E-state index contributed by atoms with van der Waals surface area (Å²) in [5, 5.41) is 15.0. The van der Waals surface area contributed by atoms with E-state index in [1.54, 1.807) is 6.92 Å². The maximum Gasteiger partial charge on any atom is 0.416 e. The summed E-state index contributed by atoms with van der Waals surface area (Å²) in [4.78, 5) is 8.55.